The van der Waals surface area contributed by atoms with Crippen LogP contribution in [-0.4, -0.2) is 23.1 Å². The molecule has 1 aromatic carbocycles. The first kappa shape index (κ1) is 20.2. The van der Waals surface area contributed by atoms with Gasteiger partial charge in [-0.3, -0.25) is 0 Å². The molecule has 0 saturated heterocycles. The van der Waals surface area contributed by atoms with E-state index in [9.17, 15) is 9.59 Å². The molecule has 0 amide bonds. The van der Waals surface area contributed by atoms with Gasteiger partial charge in [0.15, 0.2) is 0 Å². The number of esters is 1. The summed E-state index contributed by atoms with van der Waals surface area (Å²) in [4.78, 5) is 23.4. The molecule has 0 radical (unpaired) electrons. The second kappa shape index (κ2) is 11.7. The minimum atomic E-state index is -1.04. The zero-order valence-electron chi connectivity index (χ0n) is 14.9. The van der Waals surface area contributed by atoms with Gasteiger partial charge in [0.05, 0.1) is 11.1 Å². The third kappa shape index (κ3) is 7.62. The van der Waals surface area contributed by atoms with Crippen molar-refractivity contribution in [3.05, 3.63) is 35.4 Å². The Labute approximate surface area is 145 Å². The van der Waals surface area contributed by atoms with Crippen molar-refractivity contribution >= 4 is 11.9 Å². The minimum Gasteiger partial charge on any atom is -0.478 e. The maximum Gasteiger partial charge on any atom is 0.338 e. The van der Waals surface area contributed by atoms with Crippen LogP contribution in [0.3, 0.4) is 0 Å². The van der Waals surface area contributed by atoms with E-state index in [2.05, 4.69) is 13.8 Å². The number of hydrogen-bond donors (Lipinski definition) is 1. The Morgan fingerprint density at radius 2 is 1.54 bits per heavy atom. The lowest BCUT2D eigenvalue weighted by molar-refractivity contribution is 0.0249. The lowest BCUT2D eigenvalue weighted by atomic mass is 10.0. The standard InChI is InChI=1S/C20H30O4/c1-3-5-7-9-14-18(13-8-6-4-2)24-20(23)17-12-10-11-16(15-17)19(21)22/h10-12,15,18H,3-9,13-14H2,1-2H3,(H,21,22). The molecule has 0 fully saturated rings. The summed E-state index contributed by atoms with van der Waals surface area (Å²) in [6, 6.07) is 6.04. The third-order valence-electron chi connectivity index (χ3n) is 4.13. The largest absolute Gasteiger partial charge is 0.478 e. The number of unbranched alkanes of at least 4 members (excludes halogenated alkanes) is 5. The van der Waals surface area contributed by atoms with Crippen LogP contribution < -0.4 is 0 Å². The fourth-order valence-corrected chi connectivity index (χ4v) is 2.68. The van der Waals surface area contributed by atoms with E-state index in [1.807, 2.05) is 0 Å². The molecule has 1 rings (SSSR count). The molecule has 0 aliphatic heterocycles. The van der Waals surface area contributed by atoms with Crippen molar-refractivity contribution in [2.45, 2.75) is 77.7 Å². The number of carbonyl (C=O) groups excluding carboxylic acids is 1. The molecule has 0 aliphatic rings. The van der Waals surface area contributed by atoms with Crippen LogP contribution in [0.4, 0.5) is 0 Å². The molecule has 0 aromatic heterocycles. The fraction of sp³-hybridized carbons (Fsp3) is 0.600. The summed E-state index contributed by atoms with van der Waals surface area (Å²) in [6.45, 7) is 4.33. The highest BCUT2D eigenvalue weighted by Crippen LogP contribution is 2.17. The fourth-order valence-electron chi connectivity index (χ4n) is 2.68. The zero-order valence-corrected chi connectivity index (χ0v) is 14.9. The predicted octanol–water partition coefficient (Wildman–Crippen LogP) is 5.46. The van der Waals surface area contributed by atoms with Crippen LogP contribution in [0.15, 0.2) is 24.3 Å². The van der Waals surface area contributed by atoms with Crippen LogP contribution in [-0.2, 0) is 4.74 Å². The van der Waals surface area contributed by atoms with Crippen molar-refractivity contribution in [3.63, 3.8) is 0 Å². The summed E-state index contributed by atoms with van der Waals surface area (Å²) >= 11 is 0. The van der Waals surface area contributed by atoms with Crippen LogP contribution in [0, 0.1) is 0 Å². The van der Waals surface area contributed by atoms with Gasteiger partial charge in [0.25, 0.3) is 0 Å². The van der Waals surface area contributed by atoms with Crippen LogP contribution in [0.5, 0.6) is 0 Å². The Hall–Kier alpha value is -1.84. The van der Waals surface area contributed by atoms with E-state index in [4.69, 9.17) is 9.84 Å². The monoisotopic (exact) mass is 334 g/mol. The molecule has 1 N–H and O–H groups in total. The van der Waals surface area contributed by atoms with E-state index in [0.717, 1.165) is 44.9 Å². The average molecular weight is 334 g/mol. The highest BCUT2D eigenvalue weighted by Gasteiger charge is 2.17. The Kier molecular flexibility index (Phi) is 9.81. The highest BCUT2D eigenvalue weighted by molar-refractivity contribution is 5.94. The van der Waals surface area contributed by atoms with Gasteiger partial charge in [-0.25, -0.2) is 9.59 Å². The quantitative estimate of drug-likeness (QED) is 0.407. The molecular formula is C20H30O4. The predicted molar refractivity (Wildman–Crippen MR) is 95.5 cm³/mol. The third-order valence-corrected chi connectivity index (χ3v) is 4.13. The Morgan fingerprint density at radius 1 is 0.958 bits per heavy atom. The van der Waals surface area contributed by atoms with E-state index < -0.39 is 11.9 Å². The van der Waals surface area contributed by atoms with Gasteiger partial charge in [0.2, 0.25) is 0 Å². The van der Waals surface area contributed by atoms with Gasteiger partial charge in [0, 0.05) is 0 Å². The molecule has 24 heavy (non-hydrogen) atoms. The van der Waals surface area contributed by atoms with Gasteiger partial charge in [-0.15, -0.1) is 0 Å². The van der Waals surface area contributed by atoms with Crippen LogP contribution >= 0.6 is 0 Å². The van der Waals surface area contributed by atoms with E-state index in [0.29, 0.717) is 5.56 Å². The first-order valence-corrected chi connectivity index (χ1v) is 9.12. The number of benzene rings is 1. The van der Waals surface area contributed by atoms with Crippen molar-refractivity contribution in [2.75, 3.05) is 0 Å². The number of ether oxygens (including phenoxy) is 1. The number of hydrogen-bond acceptors (Lipinski definition) is 3. The summed E-state index contributed by atoms with van der Waals surface area (Å²) < 4.78 is 5.67. The Morgan fingerprint density at radius 3 is 2.17 bits per heavy atom. The van der Waals surface area contributed by atoms with E-state index in [-0.39, 0.29) is 11.7 Å². The summed E-state index contributed by atoms with van der Waals surface area (Å²) in [7, 11) is 0. The van der Waals surface area contributed by atoms with E-state index in [1.54, 1.807) is 12.1 Å². The van der Waals surface area contributed by atoms with Crippen LogP contribution in [0.1, 0.15) is 92.4 Å². The van der Waals surface area contributed by atoms with Crippen molar-refractivity contribution in [1.82, 2.24) is 0 Å². The van der Waals surface area contributed by atoms with Crippen LogP contribution in [0.2, 0.25) is 0 Å². The molecule has 1 aromatic rings. The second-order valence-electron chi connectivity index (χ2n) is 6.26. The van der Waals surface area contributed by atoms with E-state index in [1.165, 1.54) is 25.0 Å². The highest BCUT2D eigenvalue weighted by atomic mass is 16.5. The van der Waals surface area contributed by atoms with Gasteiger partial charge in [-0.1, -0.05) is 52.0 Å². The summed E-state index contributed by atoms with van der Waals surface area (Å²) in [5.74, 6) is -1.46. The molecule has 1 unspecified atom stereocenters. The number of carbonyl (C=O) groups is 2. The number of carboxylic acid groups (broad SMARTS) is 1. The van der Waals surface area contributed by atoms with Crippen molar-refractivity contribution in [2.24, 2.45) is 0 Å². The molecule has 1 atom stereocenters. The molecule has 0 saturated carbocycles. The zero-order chi connectivity index (χ0) is 17.8. The number of carboxylic acids is 1. The normalized spacial score (nSPS) is 11.9. The molecule has 0 bridgehead atoms. The molecule has 4 heteroatoms. The minimum absolute atomic E-state index is 0.0746. The number of rotatable bonds is 12. The van der Waals surface area contributed by atoms with Gasteiger partial charge >= 0.3 is 11.9 Å². The van der Waals surface area contributed by atoms with Gasteiger partial charge in [-0.05, 0) is 43.9 Å². The maximum atomic E-state index is 12.3. The van der Waals surface area contributed by atoms with Gasteiger partial charge in [0.1, 0.15) is 6.10 Å². The summed E-state index contributed by atoms with van der Waals surface area (Å²) in [5, 5.41) is 9.03. The Bertz CT molecular complexity index is 510. The van der Waals surface area contributed by atoms with E-state index >= 15 is 0 Å². The second-order valence-corrected chi connectivity index (χ2v) is 6.26. The molecule has 0 aliphatic carbocycles. The van der Waals surface area contributed by atoms with Gasteiger partial charge in [-0.2, -0.15) is 0 Å². The SMILES string of the molecule is CCCCCCC(CCCCC)OC(=O)c1cccc(C(=O)O)c1. The van der Waals surface area contributed by atoms with Crippen molar-refractivity contribution in [3.8, 4) is 0 Å². The average Bonchev–Trinajstić information content (AvgIpc) is 2.58. The molecule has 4 nitrogen and oxygen atoms in total. The smallest absolute Gasteiger partial charge is 0.338 e. The lowest BCUT2D eigenvalue weighted by Gasteiger charge is -2.18. The number of aromatic carboxylic acids is 1. The topological polar surface area (TPSA) is 63.6 Å². The molecule has 134 valence electrons. The maximum absolute atomic E-state index is 12.3. The summed E-state index contributed by atoms with van der Waals surface area (Å²) in [6.07, 6.45) is 9.62. The van der Waals surface area contributed by atoms with Crippen molar-refractivity contribution < 1.29 is 19.4 Å². The molecule has 0 heterocycles. The first-order valence-electron chi connectivity index (χ1n) is 9.12. The molecule has 0 spiro atoms. The summed E-state index contributed by atoms with van der Waals surface area (Å²) in [5.41, 5.74) is 0.416. The van der Waals surface area contributed by atoms with Crippen molar-refractivity contribution in [1.29, 1.82) is 0 Å². The lowest BCUT2D eigenvalue weighted by Crippen LogP contribution is -2.19. The molecular weight excluding hydrogens is 304 g/mol. The van der Waals surface area contributed by atoms with Crippen LogP contribution in [0.25, 0.3) is 0 Å². The first-order chi connectivity index (χ1) is 11.6. The Balaban J connectivity index is 2.63. The van der Waals surface area contributed by atoms with Gasteiger partial charge < -0.3 is 9.84 Å².